The highest BCUT2D eigenvalue weighted by Crippen LogP contribution is 2.52. The monoisotopic (exact) mass is 470 g/mol. The number of nitro groups is 1. The summed E-state index contributed by atoms with van der Waals surface area (Å²) in [5, 5.41) is 11.5. The minimum Gasteiger partial charge on any atom is -0.303 e. The second kappa shape index (κ2) is 9.20. The van der Waals surface area contributed by atoms with Crippen LogP contribution in [0.3, 0.4) is 0 Å². The predicted molar refractivity (Wildman–Crippen MR) is 135 cm³/mol. The lowest BCUT2D eigenvalue weighted by Gasteiger charge is -2.43. The van der Waals surface area contributed by atoms with Gasteiger partial charge in [-0.25, -0.2) is 0 Å². The molecule has 32 heavy (non-hydrogen) atoms. The number of nitrogens with zero attached hydrogens (tertiary/aromatic N) is 2. The second-order valence-corrected chi connectivity index (χ2v) is 15.9. The second-order valence-electron chi connectivity index (χ2n) is 9.42. The molecule has 1 amide bonds. The fraction of sp³-hybridized carbons (Fsp3) is 0.400. The first-order chi connectivity index (χ1) is 15.0. The van der Waals surface area contributed by atoms with Crippen LogP contribution in [0.4, 0.5) is 11.4 Å². The van der Waals surface area contributed by atoms with E-state index in [1.54, 1.807) is 11.0 Å². The Morgan fingerprint density at radius 3 is 2.06 bits per heavy atom. The van der Waals surface area contributed by atoms with Crippen molar-refractivity contribution in [1.82, 2.24) is 0 Å². The fourth-order valence-electron chi connectivity index (χ4n) is 5.54. The van der Waals surface area contributed by atoms with Crippen molar-refractivity contribution in [3.8, 4) is 0 Å². The van der Waals surface area contributed by atoms with E-state index in [2.05, 4.69) is 41.5 Å². The van der Waals surface area contributed by atoms with Crippen molar-refractivity contribution in [1.29, 1.82) is 0 Å². The summed E-state index contributed by atoms with van der Waals surface area (Å²) in [6.45, 7) is 13.5. The number of hydrogen-bond donors (Lipinski definition) is 0. The molecule has 1 aliphatic heterocycles. The lowest BCUT2D eigenvalue weighted by atomic mass is 10.1. The average molecular weight is 471 g/mol. The Balaban J connectivity index is 2.29. The topological polar surface area (TPSA) is 63.5 Å². The van der Waals surface area contributed by atoms with Gasteiger partial charge in [-0.3, -0.25) is 14.9 Å². The molecule has 2 aromatic rings. The first kappa shape index (κ1) is 24.2. The van der Waals surface area contributed by atoms with E-state index in [0.717, 1.165) is 5.56 Å². The Kier molecular flexibility index (Phi) is 6.96. The zero-order valence-electron chi connectivity index (χ0n) is 19.6. The van der Waals surface area contributed by atoms with Crippen molar-refractivity contribution >= 4 is 42.5 Å². The Hall–Kier alpha value is -2.44. The van der Waals surface area contributed by atoms with E-state index in [9.17, 15) is 14.9 Å². The maximum Gasteiger partial charge on any atom is 0.270 e. The molecule has 0 saturated carbocycles. The van der Waals surface area contributed by atoms with E-state index in [4.69, 9.17) is 11.6 Å². The maximum atomic E-state index is 13.8. The SMILES string of the molecule is CC(C)[Si](/C(Cl)=C1\C(=O)N(Cc2ccccc2)c2ccc([N+](=O)[O-])cc21)(C(C)C)C(C)C. The molecule has 170 valence electrons. The molecule has 1 aliphatic rings. The van der Waals surface area contributed by atoms with Gasteiger partial charge in [0.05, 0.1) is 22.7 Å². The number of nitro benzene ring substituents is 1. The molecule has 0 N–H and O–H groups in total. The molecule has 0 fully saturated rings. The van der Waals surface area contributed by atoms with Crippen LogP contribution in [0.2, 0.25) is 16.6 Å². The normalized spacial score (nSPS) is 15.7. The van der Waals surface area contributed by atoms with Crippen LogP contribution >= 0.6 is 11.6 Å². The number of non-ortho nitro benzene ring substituents is 1. The molecular formula is C25H31ClN2O3Si. The van der Waals surface area contributed by atoms with Crippen LogP contribution in [0.5, 0.6) is 0 Å². The molecule has 0 saturated heterocycles. The van der Waals surface area contributed by atoms with Crippen LogP contribution in [0.1, 0.15) is 52.7 Å². The summed E-state index contributed by atoms with van der Waals surface area (Å²) < 4.78 is 0.639. The van der Waals surface area contributed by atoms with Crippen molar-refractivity contribution < 1.29 is 9.72 Å². The Morgan fingerprint density at radius 1 is 1.00 bits per heavy atom. The van der Waals surface area contributed by atoms with Crippen LogP contribution in [-0.2, 0) is 11.3 Å². The third-order valence-electron chi connectivity index (χ3n) is 6.86. The van der Waals surface area contributed by atoms with Gasteiger partial charge in [0.15, 0.2) is 0 Å². The van der Waals surface area contributed by atoms with Gasteiger partial charge in [0.25, 0.3) is 11.6 Å². The maximum absolute atomic E-state index is 13.8. The quantitative estimate of drug-likeness (QED) is 0.184. The van der Waals surface area contributed by atoms with Crippen LogP contribution < -0.4 is 4.90 Å². The number of halogens is 1. The zero-order chi connectivity index (χ0) is 23.8. The number of fused-ring (bicyclic) bond motifs is 1. The summed E-state index contributed by atoms with van der Waals surface area (Å²) in [5.74, 6) is -0.173. The Morgan fingerprint density at radius 2 is 1.56 bits per heavy atom. The van der Waals surface area contributed by atoms with E-state index in [1.807, 2.05) is 30.3 Å². The number of carbonyl (C=O) groups excluding carboxylic acids is 1. The van der Waals surface area contributed by atoms with Crippen LogP contribution in [0.15, 0.2) is 53.2 Å². The number of benzene rings is 2. The molecule has 2 aromatic carbocycles. The summed E-state index contributed by atoms with van der Waals surface area (Å²) in [4.78, 5) is 26.6. The Bertz CT molecular complexity index is 1040. The van der Waals surface area contributed by atoms with Crippen molar-refractivity contribution in [2.45, 2.75) is 64.7 Å². The standard InChI is InChI=1S/C25H31ClN2O3Si/c1-16(2)32(17(3)4,18(5)6)24(26)23-21-14-20(28(30)31)12-13-22(21)27(25(23)29)15-19-10-8-7-9-11-19/h7-14,16-18H,15H2,1-6H3/b24-23-. The molecule has 3 rings (SSSR count). The predicted octanol–water partition coefficient (Wildman–Crippen LogP) is 7.31. The van der Waals surface area contributed by atoms with E-state index < -0.39 is 13.0 Å². The smallest absolute Gasteiger partial charge is 0.270 e. The molecule has 5 nitrogen and oxygen atoms in total. The van der Waals surface area contributed by atoms with Crippen molar-refractivity contribution in [3.63, 3.8) is 0 Å². The molecule has 1 heterocycles. The van der Waals surface area contributed by atoms with E-state index in [0.29, 0.717) is 44.6 Å². The minimum absolute atomic E-state index is 0.0361. The van der Waals surface area contributed by atoms with Crippen LogP contribution in [0.25, 0.3) is 5.57 Å². The molecule has 0 spiro atoms. The van der Waals surface area contributed by atoms with Gasteiger partial charge in [-0.05, 0) is 28.3 Å². The van der Waals surface area contributed by atoms with Gasteiger partial charge in [0.2, 0.25) is 0 Å². The number of hydrogen-bond acceptors (Lipinski definition) is 3. The van der Waals surface area contributed by atoms with Gasteiger partial charge in [-0.15, -0.1) is 0 Å². The molecule has 0 atom stereocenters. The first-order valence-corrected chi connectivity index (χ1v) is 13.7. The summed E-state index contributed by atoms with van der Waals surface area (Å²) in [6.07, 6.45) is 0. The fourth-order valence-corrected chi connectivity index (χ4v) is 13.9. The summed E-state index contributed by atoms with van der Waals surface area (Å²) in [7, 11) is -2.34. The summed E-state index contributed by atoms with van der Waals surface area (Å²) in [6, 6.07) is 14.4. The number of rotatable bonds is 7. The molecule has 0 bridgehead atoms. The van der Waals surface area contributed by atoms with Crippen molar-refractivity contribution in [2.24, 2.45) is 0 Å². The highest BCUT2D eigenvalue weighted by molar-refractivity contribution is 6.98. The van der Waals surface area contributed by atoms with E-state index >= 15 is 0 Å². The van der Waals surface area contributed by atoms with Crippen molar-refractivity contribution in [2.75, 3.05) is 4.90 Å². The van der Waals surface area contributed by atoms with E-state index in [-0.39, 0.29) is 11.6 Å². The largest absolute Gasteiger partial charge is 0.303 e. The Labute approximate surface area is 196 Å². The first-order valence-electron chi connectivity index (χ1n) is 11.1. The van der Waals surface area contributed by atoms with Gasteiger partial charge in [-0.2, -0.15) is 0 Å². The third-order valence-corrected chi connectivity index (χ3v) is 14.8. The molecule has 0 aromatic heterocycles. The summed E-state index contributed by atoms with van der Waals surface area (Å²) >= 11 is 7.24. The zero-order valence-corrected chi connectivity index (χ0v) is 21.3. The van der Waals surface area contributed by atoms with Gasteiger partial charge < -0.3 is 4.90 Å². The van der Waals surface area contributed by atoms with Crippen LogP contribution in [0, 0.1) is 10.1 Å². The van der Waals surface area contributed by atoms with Gasteiger partial charge >= 0.3 is 0 Å². The van der Waals surface area contributed by atoms with Crippen molar-refractivity contribution in [3.05, 3.63) is 74.4 Å². The van der Waals surface area contributed by atoms with Gasteiger partial charge in [0, 0.05) is 22.4 Å². The highest BCUT2D eigenvalue weighted by Gasteiger charge is 2.49. The van der Waals surface area contributed by atoms with Gasteiger partial charge in [0.1, 0.15) is 8.07 Å². The third kappa shape index (κ3) is 3.90. The van der Waals surface area contributed by atoms with Gasteiger partial charge in [-0.1, -0.05) is 83.5 Å². The molecule has 7 heteroatoms. The van der Waals surface area contributed by atoms with E-state index in [1.165, 1.54) is 12.1 Å². The minimum atomic E-state index is -2.34. The lowest BCUT2D eigenvalue weighted by molar-refractivity contribution is -0.384. The van der Waals surface area contributed by atoms with Crippen LogP contribution in [-0.4, -0.2) is 18.9 Å². The highest BCUT2D eigenvalue weighted by atomic mass is 35.5. The number of anilines is 1. The molecule has 0 unspecified atom stereocenters. The number of carbonyl (C=O) groups is 1. The molecular weight excluding hydrogens is 440 g/mol. The lowest BCUT2D eigenvalue weighted by Crippen LogP contribution is -2.46. The molecule has 0 aliphatic carbocycles. The average Bonchev–Trinajstić information content (AvgIpc) is 2.99. The number of amides is 1. The molecule has 0 radical (unpaired) electrons. The summed E-state index contributed by atoms with van der Waals surface area (Å²) in [5.41, 5.74) is 3.57.